The molecule has 16 heavy (non-hydrogen) atoms. The Kier molecular flexibility index (Phi) is 4.62. The minimum Gasteiger partial charge on any atom is -0.504 e. The van der Waals surface area contributed by atoms with Gasteiger partial charge in [-0.3, -0.25) is 0 Å². The van der Waals surface area contributed by atoms with Crippen LogP contribution in [0.4, 0.5) is 0 Å². The fourth-order valence-corrected chi connectivity index (χ4v) is 1.75. The summed E-state index contributed by atoms with van der Waals surface area (Å²) in [6.45, 7) is 6.66. The van der Waals surface area contributed by atoms with Gasteiger partial charge in [0.15, 0.2) is 11.5 Å². The summed E-state index contributed by atoms with van der Waals surface area (Å²) in [5.41, 5.74) is 6.81. The fourth-order valence-electron chi connectivity index (χ4n) is 1.75. The highest BCUT2D eigenvalue weighted by molar-refractivity contribution is 5.46. The first-order valence-electron chi connectivity index (χ1n) is 5.76. The van der Waals surface area contributed by atoms with Gasteiger partial charge in [-0.15, -0.1) is 0 Å². The summed E-state index contributed by atoms with van der Waals surface area (Å²) in [4.78, 5) is 0. The van der Waals surface area contributed by atoms with Gasteiger partial charge in [-0.1, -0.05) is 26.0 Å². The molecule has 1 atom stereocenters. The average molecular weight is 223 g/mol. The minimum absolute atomic E-state index is 0.139. The van der Waals surface area contributed by atoms with Crippen molar-refractivity contribution in [2.75, 3.05) is 6.61 Å². The number of phenolic OH excluding ortho intramolecular Hbond substituents is 1. The van der Waals surface area contributed by atoms with E-state index in [1.807, 2.05) is 19.1 Å². The standard InChI is InChI=1S/C13H21NO2/c1-4-16-12-7-5-6-10(13(12)15)11(14)8-9(2)3/h5-7,9,11,15H,4,8,14H2,1-3H3/t11-/m1/s1. The van der Waals surface area contributed by atoms with Crippen molar-refractivity contribution in [3.05, 3.63) is 23.8 Å². The minimum atomic E-state index is -0.139. The molecule has 0 bridgehead atoms. The quantitative estimate of drug-likeness (QED) is 0.807. The Morgan fingerprint density at radius 1 is 1.38 bits per heavy atom. The molecule has 0 saturated carbocycles. The lowest BCUT2D eigenvalue weighted by Crippen LogP contribution is -2.13. The van der Waals surface area contributed by atoms with Gasteiger partial charge in [0, 0.05) is 11.6 Å². The van der Waals surface area contributed by atoms with Crippen LogP contribution < -0.4 is 10.5 Å². The summed E-state index contributed by atoms with van der Waals surface area (Å²) in [6, 6.07) is 5.33. The van der Waals surface area contributed by atoms with Crippen LogP contribution >= 0.6 is 0 Å². The Balaban J connectivity index is 2.91. The van der Waals surface area contributed by atoms with E-state index in [0.29, 0.717) is 18.3 Å². The lowest BCUT2D eigenvalue weighted by Gasteiger charge is -2.17. The Labute approximate surface area is 97.2 Å². The van der Waals surface area contributed by atoms with Crippen LogP contribution in [0, 0.1) is 5.92 Å². The molecule has 1 aromatic rings. The van der Waals surface area contributed by atoms with E-state index < -0.39 is 0 Å². The number of aromatic hydroxyl groups is 1. The molecule has 0 aliphatic rings. The molecule has 0 spiro atoms. The normalized spacial score (nSPS) is 12.8. The second kappa shape index (κ2) is 5.75. The summed E-state index contributed by atoms with van der Waals surface area (Å²) in [7, 11) is 0. The zero-order chi connectivity index (χ0) is 12.1. The molecule has 3 N–H and O–H groups in total. The zero-order valence-corrected chi connectivity index (χ0v) is 10.2. The van der Waals surface area contributed by atoms with E-state index in [0.717, 1.165) is 12.0 Å². The highest BCUT2D eigenvalue weighted by Gasteiger charge is 2.15. The smallest absolute Gasteiger partial charge is 0.162 e. The third kappa shape index (κ3) is 3.14. The van der Waals surface area contributed by atoms with Gasteiger partial charge in [0.25, 0.3) is 0 Å². The molecule has 0 saturated heterocycles. The molecule has 1 rings (SSSR count). The first kappa shape index (κ1) is 12.8. The molecule has 1 aromatic carbocycles. The predicted octanol–water partition coefficient (Wildman–Crippen LogP) is 2.84. The molecule has 0 heterocycles. The maximum atomic E-state index is 10.00. The first-order valence-corrected chi connectivity index (χ1v) is 5.76. The van der Waals surface area contributed by atoms with Crippen molar-refractivity contribution in [3.63, 3.8) is 0 Å². The Hall–Kier alpha value is -1.22. The zero-order valence-electron chi connectivity index (χ0n) is 10.2. The van der Waals surface area contributed by atoms with Crippen LogP contribution in [0.25, 0.3) is 0 Å². The van der Waals surface area contributed by atoms with Gasteiger partial charge in [-0.2, -0.15) is 0 Å². The summed E-state index contributed by atoms with van der Waals surface area (Å²) < 4.78 is 5.33. The van der Waals surface area contributed by atoms with Crippen LogP contribution in [0.5, 0.6) is 11.5 Å². The maximum Gasteiger partial charge on any atom is 0.162 e. The van der Waals surface area contributed by atoms with Crippen molar-refractivity contribution in [3.8, 4) is 11.5 Å². The molecule has 0 unspecified atom stereocenters. The van der Waals surface area contributed by atoms with Crippen molar-refractivity contribution in [1.29, 1.82) is 0 Å². The molecule has 3 heteroatoms. The van der Waals surface area contributed by atoms with Gasteiger partial charge in [-0.25, -0.2) is 0 Å². The Morgan fingerprint density at radius 3 is 2.62 bits per heavy atom. The van der Waals surface area contributed by atoms with Crippen LogP contribution in [0.3, 0.4) is 0 Å². The summed E-state index contributed by atoms with van der Waals surface area (Å²) in [5.74, 6) is 1.20. The van der Waals surface area contributed by atoms with Crippen molar-refractivity contribution < 1.29 is 9.84 Å². The molecule has 0 aliphatic carbocycles. The average Bonchev–Trinajstić information content (AvgIpc) is 2.20. The van der Waals surface area contributed by atoms with Crippen LogP contribution in [0.2, 0.25) is 0 Å². The lowest BCUT2D eigenvalue weighted by atomic mass is 9.97. The van der Waals surface area contributed by atoms with Crippen LogP contribution in [0.1, 0.15) is 38.8 Å². The third-order valence-corrected chi connectivity index (χ3v) is 2.45. The molecular weight excluding hydrogens is 202 g/mol. The van der Waals surface area contributed by atoms with Crippen molar-refractivity contribution in [1.82, 2.24) is 0 Å². The van der Waals surface area contributed by atoms with E-state index in [9.17, 15) is 5.11 Å². The van der Waals surface area contributed by atoms with Gasteiger partial charge in [0.2, 0.25) is 0 Å². The number of hydrogen-bond donors (Lipinski definition) is 2. The van der Waals surface area contributed by atoms with E-state index in [4.69, 9.17) is 10.5 Å². The van der Waals surface area contributed by atoms with E-state index >= 15 is 0 Å². The maximum absolute atomic E-state index is 10.00. The molecule has 3 nitrogen and oxygen atoms in total. The number of hydrogen-bond acceptors (Lipinski definition) is 3. The van der Waals surface area contributed by atoms with Gasteiger partial charge >= 0.3 is 0 Å². The molecule has 0 amide bonds. The topological polar surface area (TPSA) is 55.5 Å². The summed E-state index contributed by atoms with van der Waals surface area (Å²) in [6.07, 6.45) is 0.850. The highest BCUT2D eigenvalue weighted by atomic mass is 16.5. The Bertz CT molecular complexity index is 337. The number of ether oxygens (including phenoxy) is 1. The van der Waals surface area contributed by atoms with Crippen LogP contribution in [0.15, 0.2) is 18.2 Å². The van der Waals surface area contributed by atoms with Crippen molar-refractivity contribution >= 4 is 0 Å². The van der Waals surface area contributed by atoms with Crippen molar-refractivity contribution in [2.45, 2.75) is 33.2 Å². The second-order valence-corrected chi connectivity index (χ2v) is 4.36. The van der Waals surface area contributed by atoms with Gasteiger partial charge < -0.3 is 15.6 Å². The Morgan fingerprint density at radius 2 is 2.06 bits per heavy atom. The number of phenols is 1. The molecular formula is C13H21NO2. The monoisotopic (exact) mass is 223 g/mol. The van der Waals surface area contributed by atoms with E-state index in [2.05, 4.69) is 13.8 Å². The first-order chi connectivity index (χ1) is 7.56. The summed E-state index contributed by atoms with van der Waals surface area (Å²) >= 11 is 0. The van der Waals surface area contributed by atoms with Crippen molar-refractivity contribution in [2.24, 2.45) is 11.7 Å². The molecule has 0 aliphatic heterocycles. The SMILES string of the molecule is CCOc1cccc([C@H](N)CC(C)C)c1O. The predicted molar refractivity (Wildman–Crippen MR) is 65.7 cm³/mol. The molecule has 0 aromatic heterocycles. The molecule has 0 fully saturated rings. The fraction of sp³-hybridized carbons (Fsp3) is 0.538. The number of rotatable bonds is 5. The van der Waals surface area contributed by atoms with Crippen LogP contribution in [-0.2, 0) is 0 Å². The molecule has 90 valence electrons. The summed E-state index contributed by atoms with van der Waals surface area (Å²) in [5, 5.41) is 10.00. The van der Waals surface area contributed by atoms with Crippen LogP contribution in [-0.4, -0.2) is 11.7 Å². The van der Waals surface area contributed by atoms with E-state index in [1.165, 1.54) is 0 Å². The third-order valence-electron chi connectivity index (χ3n) is 2.45. The highest BCUT2D eigenvalue weighted by Crippen LogP contribution is 2.34. The largest absolute Gasteiger partial charge is 0.504 e. The van der Waals surface area contributed by atoms with Gasteiger partial charge in [0.1, 0.15) is 0 Å². The van der Waals surface area contributed by atoms with Gasteiger partial charge in [-0.05, 0) is 25.3 Å². The second-order valence-electron chi connectivity index (χ2n) is 4.36. The number of benzene rings is 1. The van der Waals surface area contributed by atoms with E-state index in [-0.39, 0.29) is 11.8 Å². The molecule has 0 radical (unpaired) electrons. The van der Waals surface area contributed by atoms with E-state index in [1.54, 1.807) is 6.07 Å². The lowest BCUT2D eigenvalue weighted by molar-refractivity contribution is 0.315. The van der Waals surface area contributed by atoms with Gasteiger partial charge in [0.05, 0.1) is 6.61 Å². The number of para-hydroxylation sites is 1. The number of nitrogens with two attached hydrogens (primary N) is 1.